The molecule has 0 saturated heterocycles. The van der Waals surface area contributed by atoms with Gasteiger partial charge in [0.1, 0.15) is 5.75 Å². The Kier molecular flexibility index (Phi) is 3.88. The van der Waals surface area contributed by atoms with Gasteiger partial charge in [0.15, 0.2) is 0 Å². The van der Waals surface area contributed by atoms with Crippen LogP contribution in [0.2, 0.25) is 0 Å². The molecule has 110 valence electrons. The second kappa shape index (κ2) is 5.47. The van der Waals surface area contributed by atoms with Crippen molar-refractivity contribution in [1.82, 2.24) is 0 Å². The van der Waals surface area contributed by atoms with E-state index < -0.39 is 12.3 Å². The zero-order valence-electron chi connectivity index (χ0n) is 10.9. The molecule has 0 heterocycles. The number of aryl methyl sites for hydroxylation is 1. The standard InChI is InChI=1S/C15H11F3O3/c1-9-6-7-10(8-12(9)14(19)20)11-4-2-3-5-13(11)21-15(16,17)18/h2-8H,1H3,(H,19,20). The van der Waals surface area contributed by atoms with Crippen LogP contribution < -0.4 is 4.74 Å². The van der Waals surface area contributed by atoms with Crippen molar-refractivity contribution in [3.8, 4) is 16.9 Å². The second-order valence-corrected chi connectivity index (χ2v) is 4.38. The highest BCUT2D eigenvalue weighted by molar-refractivity contribution is 5.91. The average molecular weight is 296 g/mol. The quantitative estimate of drug-likeness (QED) is 0.920. The minimum atomic E-state index is -4.81. The minimum absolute atomic E-state index is 0.0364. The average Bonchev–Trinajstić information content (AvgIpc) is 2.38. The second-order valence-electron chi connectivity index (χ2n) is 4.38. The smallest absolute Gasteiger partial charge is 0.478 e. The van der Waals surface area contributed by atoms with Crippen molar-refractivity contribution in [2.75, 3.05) is 0 Å². The monoisotopic (exact) mass is 296 g/mol. The number of aromatic carboxylic acids is 1. The number of carboxylic acid groups (broad SMARTS) is 1. The molecule has 21 heavy (non-hydrogen) atoms. The Labute approximate surface area is 118 Å². The van der Waals surface area contributed by atoms with Gasteiger partial charge in [-0.15, -0.1) is 13.2 Å². The zero-order chi connectivity index (χ0) is 15.6. The third-order valence-electron chi connectivity index (χ3n) is 2.89. The van der Waals surface area contributed by atoms with Crippen LogP contribution >= 0.6 is 0 Å². The molecule has 0 bridgehead atoms. The Morgan fingerprint density at radius 1 is 1.14 bits per heavy atom. The molecule has 0 aliphatic rings. The van der Waals surface area contributed by atoms with Gasteiger partial charge in [0.05, 0.1) is 5.56 Å². The molecule has 2 aromatic rings. The third kappa shape index (κ3) is 3.53. The molecule has 0 saturated carbocycles. The molecule has 0 atom stereocenters. The molecular weight excluding hydrogens is 285 g/mol. The fourth-order valence-electron chi connectivity index (χ4n) is 1.94. The van der Waals surface area contributed by atoms with Gasteiger partial charge in [0.2, 0.25) is 0 Å². The van der Waals surface area contributed by atoms with E-state index in [0.29, 0.717) is 11.1 Å². The molecular formula is C15H11F3O3. The first-order valence-corrected chi connectivity index (χ1v) is 5.97. The van der Waals surface area contributed by atoms with Crippen LogP contribution in [-0.4, -0.2) is 17.4 Å². The third-order valence-corrected chi connectivity index (χ3v) is 2.89. The van der Waals surface area contributed by atoms with Crippen molar-refractivity contribution in [3.05, 3.63) is 53.6 Å². The fraction of sp³-hybridized carbons (Fsp3) is 0.133. The summed E-state index contributed by atoms with van der Waals surface area (Å²) in [5.41, 5.74) is 1.09. The first-order chi connectivity index (χ1) is 9.78. The number of carbonyl (C=O) groups is 1. The van der Waals surface area contributed by atoms with E-state index >= 15 is 0 Å². The van der Waals surface area contributed by atoms with E-state index in [9.17, 15) is 18.0 Å². The van der Waals surface area contributed by atoms with E-state index in [-0.39, 0.29) is 16.9 Å². The summed E-state index contributed by atoms with van der Waals surface area (Å²) < 4.78 is 41.1. The van der Waals surface area contributed by atoms with E-state index in [1.54, 1.807) is 25.1 Å². The maximum atomic E-state index is 12.4. The van der Waals surface area contributed by atoms with E-state index in [2.05, 4.69) is 4.74 Å². The lowest BCUT2D eigenvalue weighted by atomic mass is 9.99. The lowest BCUT2D eigenvalue weighted by Crippen LogP contribution is -2.17. The van der Waals surface area contributed by atoms with Crippen LogP contribution in [0.1, 0.15) is 15.9 Å². The van der Waals surface area contributed by atoms with Gasteiger partial charge in [0, 0.05) is 5.56 Å². The van der Waals surface area contributed by atoms with Crippen molar-refractivity contribution in [1.29, 1.82) is 0 Å². The molecule has 3 nitrogen and oxygen atoms in total. The van der Waals surface area contributed by atoms with Crippen LogP contribution in [0.3, 0.4) is 0 Å². The molecule has 0 spiro atoms. The first kappa shape index (κ1) is 14.9. The van der Waals surface area contributed by atoms with Gasteiger partial charge >= 0.3 is 12.3 Å². The van der Waals surface area contributed by atoms with Crippen LogP contribution in [-0.2, 0) is 0 Å². The molecule has 0 fully saturated rings. The molecule has 2 rings (SSSR count). The molecule has 6 heteroatoms. The SMILES string of the molecule is Cc1ccc(-c2ccccc2OC(F)(F)F)cc1C(=O)O. The number of benzene rings is 2. The van der Waals surface area contributed by atoms with Gasteiger partial charge in [-0.05, 0) is 30.2 Å². The number of hydrogen-bond acceptors (Lipinski definition) is 2. The number of hydrogen-bond donors (Lipinski definition) is 1. The highest BCUT2D eigenvalue weighted by Gasteiger charge is 2.32. The molecule has 0 unspecified atom stereocenters. The Hall–Kier alpha value is -2.50. The summed E-state index contributed by atoms with van der Waals surface area (Å²) in [6.07, 6.45) is -4.81. The van der Waals surface area contributed by atoms with Crippen molar-refractivity contribution in [3.63, 3.8) is 0 Å². The lowest BCUT2D eigenvalue weighted by Gasteiger charge is -2.14. The van der Waals surface area contributed by atoms with E-state index in [1.165, 1.54) is 24.3 Å². The summed E-state index contributed by atoms with van der Waals surface area (Å²) in [4.78, 5) is 11.1. The van der Waals surface area contributed by atoms with Gasteiger partial charge in [-0.3, -0.25) is 0 Å². The molecule has 0 aliphatic carbocycles. The predicted molar refractivity (Wildman–Crippen MR) is 70.3 cm³/mol. The molecule has 0 amide bonds. The summed E-state index contributed by atoms with van der Waals surface area (Å²) >= 11 is 0. The first-order valence-electron chi connectivity index (χ1n) is 5.97. The molecule has 1 N–H and O–H groups in total. The van der Waals surface area contributed by atoms with Crippen LogP contribution in [0.25, 0.3) is 11.1 Å². The molecule has 2 aromatic carbocycles. The zero-order valence-corrected chi connectivity index (χ0v) is 10.9. The number of para-hydroxylation sites is 1. The Balaban J connectivity index is 2.52. The van der Waals surface area contributed by atoms with Crippen molar-refractivity contribution in [2.45, 2.75) is 13.3 Å². The van der Waals surface area contributed by atoms with Gasteiger partial charge < -0.3 is 9.84 Å². The van der Waals surface area contributed by atoms with Crippen molar-refractivity contribution < 1.29 is 27.8 Å². The summed E-state index contributed by atoms with van der Waals surface area (Å²) in [6, 6.07) is 10.0. The Morgan fingerprint density at radius 2 is 1.81 bits per heavy atom. The molecule has 0 radical (unpaired) electrons. The Morgan fingerprint density at radius 3 is 2.43 bits per heavy atom. The van der Waals surface area contributed by atoms with E-state index in [1.807, 2.05) is 0 Å². The van der Waals surface area contributed by atoms with Gasteiger partial charge in [-0.1, -0.05) is 30.3 Å². The van der Waals surface area contributed by atoms with Crippen molar-refractivity contribution in [2.24, 2.45) is 0 Å². The van der Waals surface area contributed by atoms with Gasteiger partial charge in [-0.2, -0.15) is 0 Å². The topological polar surface area (TPSA) is 46.5 Å². The number of halogens is 3. The Bertz CT molecular complexity index is 678. The maximum Gasteiger partial charge on any atom is 0.573 e. The van der Waals surface area contributed by atoms with Gasteiger partial charge in [0.25, 0.3) is 0 Å². The fourth-order valence-corrected chi connectivity index (χ4v) is 1.94. The number of rotatable bonds is 3. The van der Waals surface area contributed by atoms with Crippen LogP contribution in [0.4, 0.5) is 13.2 Å². The summed E-state index contributed by atoms with van der Waals surface area (Å²) in [5.74, 6) is -1.51. The summed E-state index contributed by atoms with van der Waals surface area (Å²) in [7, 11) is 0. The number of ether oxygens (including phenoxy) is 1. The van der Waals surface area contributed by atoms with Crippen LogP contribution in [0, 0.1) is 6.92 Å². The van der Waals surface area contributed by atoms with Gasteiger partial charge in [-0.25, -0.2) is 4.79 Å². The molecule has 0 aromatic heterocycles. The van der Waals surface area contributed by atoms with Crippen LogP contribution in [0.15, 0.2) is 42.5 Å². The van der Waals surface area contributed by atoms with Crippen LogP contribution in [0.5, 0.6) is 5.75 Å². The highest BCUT2D eigenvalue weighted by atomic mass is 19.4. The highest BCUT2D eigenvalue weighted by Crippen LogP contribution is 2.34. The van der Waals surface area contributed by atoms with E-state index in [0.717, 1.165) is 0 Å². The minimum Gasteiger partial charge on any atom is -0.478 e. The van der Waals surface area contributed by atoms with E-state index in [4.69, 9.17) is 5.11 Å². The largest absolute Gasteiger partial charge is 0.573 e. The summed E-state index contributed by atoms with van der Waals surface area (Å²) in [5, 5.41) is 9.08. The lowest BCUT2D eigenvalue weighted by molar-refractivity contribution is -0.274. The predicted octanol–water partition coefficient (Wildman–Crippen LogP) is 4.26. The maximum absolute atomic E-state index is 12.4. The summed E-state index contributed by atoms with van der Waals surface area (Å²) in [6.45, 7) is 1.62. The van der Waals surface area contributed by atoms with Crippen molar-refractivity contribution >= 4 is 5.97 Å². The number of alkyl halides is 3. The number of carboxylic acids is 1. The normalized spacial score (nSPS) is 11.2. The molecule has 0 aliphatic heterocycles.